The number of rotatable bonds is 1. The van der Waals surface area contributed by atoms with Gasteiger partial charge < -0.3 is 14.8 Å². The molecule has 2 aliphatic heterocycles. The van der Waals surface area contributed by atoms with Gasteiger partial charge >= 0.3 is 17.8 Å². The van der Waals surface area contributed by atoms with E-state index in [-0.39, 0.29) is 11.7 Å². The van der Waals surface area contributed by atoms with E-state index in [0.29, 0.717) is 12.4 Å². The first-order chi connectivity index (χ1) is 11.1. The van der Waals surface area contributed by atoms with Crippen LogP contribution in [0.1, 0.15) is 12.8 Å². The minimum absolute atomic E-state index is 0.121. The van der Waals surface area contributed by atoms with Gasteiger partial charge in [0.15, 0.2) is 11.0 Å². The largest absolute Gasteiger partial charge is 0.399 e. The molecule has 0 amide bonds. The van der Waals surface area contributed by atoms with Crippen molar-refractivity contribution in [3.63, 3.8) is 0 Å². The molecule has 23 heavy (non-hydrogen) atoms. The summed E-state index contributed by atoms with van der Waals surface area (Å²) in [6, 6.07) is 3.21. The third-order valence-corrected chi connectivity index (χ3v) is 3.72. The topological polar surface area (TPSA) is 93.7 Å². The Labute approximate surface area is 137 Å². The predicted molar refractivity (Wildman–Crippen MR) is 80.5 cm³/mol. The fraction of sp³-hybridized carbons (Fsp3) is 0.429. The van der Waals surface area contributed by atoms with Gasteiger partial charge in [-0.05, 0) is 31.5 Å². The highest BCUT2D eigenvalue weighted by Gasteiger charge is 2.47. The molecule has 0 bridgehead atoms. The van der Waals surface area contributed by atoms with Crippen molar-refractivity contribution < 1.29 is 19.1 Å². The van der Waals surface area contributed by atoms with Crippen molar-refractivity contribution in [3.8, 4) is 0 Å². The molecule has 8 nitrogen and oxygen atoms in total. The number of esters is 2. The molecule has 0 radical (unpaired) electrons. The van der Waals surface area contributed by atoms with Crippen molar-refractivity contribution in [2.45, 2.75) is 18.8 Å². The van der Waals surface area contributed by atoms with Crippen LogP contribution in [0.15, 0.2) is 24.3 Å². The summed E-state index contributed by atoms with van der Waals surface area (Å²) in [5.74, 6) is -2.53. The van der Waals surface area contributed by atoms with Crippen LogP contribution in [0.2, 0.25) is 5.15 Å². The molecule has 3 rings (SSSR count). The van der Waals surface area contributed by atoms with E-state index in [1.54, 1.807) is 17.0 Å². The number of nitrogens with zero attached hydrogens (tertiary/aromatic N) is 3. The van der Waals surface area contributed by atoms with Crippen molar-refractivity contribution in [1.82, 2.24) is 15.5 Å². The molecule has 0 atom stereocenters. The van der Waals surface area contributed by atoms with Crippen LogP contribution in [-0.2, 0) is 19.1 Å². The third kappa shape index (κ3) is 3.43. The second kappa shape index (κ2) is 6.51. The number of anilines is 1. The molecule has 2 aliphatic rings. The Morgan fingerprint density at radius 3 is 2.52 bits per heavy atom. The Bertz CT molecular complexity index is 614. The minimum atomic E-state index is -1.61. The van der Waals surface area contributed by atoms with Crippen LogP contribution in [0.3, 0.4) is 0 Å². The summed E-state index contributed by atoms with van der Waals surface area (Å²) in [7, 11) is 0. The van der Waals surface area contributed by atoms with Gasteiger partial charge in [-0.3, -0.25) is 4.90 Å². The lowest BCUT2D eigenvalue weighted by molar-refractivity contribution is -0.219. The Morgan fingerprint density at radius 1 is 1.13 bits per heavy atom. The highest BCUT2D eigenvalue weighted by molar-refractivity contribution is 6.29. The molecule has 0 aromatic carbocycles. The molecular weight excluding hydrogens is 324 g/mol. The number of hydrogen-bond donors (Lipinski definition) is 1. The standard InChI is InChI=1S/C14H15ClN4O4/c15-10-3-4-11(18-17-10)19-8-2-1-7-16-9-14(19)22-12(20)5-6-13(21)23-14/h3-6,16H,1-2,7-9H2. The monoisotopic (exact) mass is 338 g/mol. The predicted octanol–water partition coefficient (Wildman–Crippen LogP) is 0.630. The molecular formula is C14H15ClN4O4. The number of hydrogen-bond acceptors (Lipinski definition) is 8. The van der Waals surface area contributed by atoms with Gasteiger partial charge in [-0.25, -0.2) is 9.59 Å². The highest BCUT2D eigenvalue weighted by atomic mass is 35.5. The van der Waals surface area contributed by atoms with Gasteiger partial charge in [0, 0.05) is 18.7 Å². The molecule has 1 N–H and O–H groups in total. The van der Waals surface area contributed by atoms with Gasteiger partial charge in [-0.15, -0.1) is 10.2 Å². The number of halogens is 1. The van der Waals surface area contributed by atoms with E-state index in [1.165, 1.54) is 0 Å². The first kappa shape index (κ1) is 15.7. The SMILES string of the molecule is O=C1C=CC(=O)OC2(CNCCCCN2c2ccc(Cl)nn2)O1. The molecule has 9 heteroatoms. The molecule has 0 aliphatic carbocycles. The zero-order chi connectivity index (χ0) is 16.3. The summed E-state index contributed by atoms with van der Waals surface area (Å²) in [6.07, 6.45) is 3.80. The maximum atomic E-state index is 11.9. The molecule has 1 aromatic rings. The first-order valence-electron chi connectivity index (χ1n) is 7.21. The number of carbonyl (C=O) groups excluding carboxylic acids is 2. The average molecular weight is 339 g/mol. The van der Waals surface area contributed by atoms with Crippen LogP contribution in [0.25, 0.3) is 0 Å². The number of aromatic nitrogens is 2. The van der Waals surface area contributed by atoms with Crippen LogP contribution < -0.4 is 10.2 Å². The number of nitrogens with one attached hydrogen (secondary N) is 1. The van der Waals surface area contributed by atoms with E-state index < -0.39 is 17.8 Å². The van der Waals surface area contributed by atoms with Crippen molar-refractivity contribution in [2.75, 3.05) is 24.5 Å². The smallest absolute Gasteiger partial charge is 0.357 e. The van der Waals surface area contributed by atoms with Crippen LogP contribution >= 0.6 is 11.6 Å². The Hall–Kier alpha value is -2.19. The van der Waals surface area contributed by atoms with E-state index in [2.05, 4.69) is 15.5 Å². The quantitative estimate of drug-likeness (QED) is 0.745. The van der Waals surface area contributed by atoms with Crippen LogP contribution in [0.4, 0.5) is 5.82 Å². The zero-order valence-electron chi connectivity index (χ0n) is 12.2. The zero-order valence-corrected chi connectivity index (χ0v) is 13.0. The molecule has 1 saturated heterocycles. The van der Waals surface area contributed by atoms with E-state index in [0.717, 1.165) is 31.5 Å². The van der Waals surface area contributed by atoms with Crippen molar-refractivity contribution >= 4 is 29.4 Å². The van der Waals surface area contributed by atoms with Crippen molar-refractivity contribution in [2.24, 2.45) is 0 Å². The lowest BCUT2D eigenvalue weighted by Crippen LogP contribution is -2.61. The summed E-state index contributed by atoms with van der Waals surface area (Å²) < 4.78 is 10.9. The van der Waals surface area contributed by atoms with E-state index >= 15 is 0 Å². The third-order valence-electron chi connectivity index (χ3n) is 3.52. The fourth-order valence-corrected chi connectivity index (χ4v) is 2.60. The summed E-state index contributed by atoms with van der Waals surface area (Å²) in [4.78, 5) is 25.4. The molecule has 0 saturated carbocycles. The minimum Gasteiger partial charge on any atom is -0.399 e. The van der Waals surface area contributed by atoms with Crippen LogP contribution in [-0.4, -0.2) is 47.7 Å². The normalized spacial score (nSPS) is 21.2. The second-order valence-electron chi connectivity index (χ2n) is 5.14. The average Bonchev–Trinajstić information content (AvgIpc) is 2.65. The van der Waals surface area contributed by atoms with Crippen LogP contribution in [0, 0.1) is 0 Å². The second-order valence-corrected chi connectivity index (χ2v) is 5.53. The Balaban J connectivity index is 2.01. The molecule has 122 valence electrons. The van der Waals surface area contributed by atoms with Gasteiger partial charge in [0.05, 0.1) is 6.54 Å². The number of carbonyl (C=O) groups is 2. The highest BCUT2D eigenvalue weighted by Crippen LogP contribution is 2.28. The van der Waals surface area contributed by atoms with Gasteiger partial charge in [0.25, 0.3) is 0 Å². The Kier molecular flexibility index (Phi) is 4.44. The summed E-state index contributed by atoms with van der Waals surface area (Å²) >= 11 is 5.77. The molecule has 3 heterocycles. The van der Waals surface area contributed by atoms with Crippen molar-refractivity contribution in [1.29, 1.82) is 0 Å². The summed E-state index contributed by atoms with van der Waals surface area (Å²) in [5, 5.41) is 11.2. The first-order valence-corrected chi connectivity index (χ1v) is 7.58. The van der Waals surface area contributed by atoms with Gasteiger partial charge in [0.1, 0.15) is 0 Å². The fourth-order valence-electron chi connectivity index (χ4n) is 2.50. The van der Waals surface area contributed by atoms with Gasteiger partial charge in [-0.1, -0.05) is 11.6 Å². The van der Waals surface area contributed by atoms with Gasteiger partial charge in [0.2, 0.25) is 0 Å². The molecule has 1 spiro atoms. The molecule has 1 fully saturated rings. The lowest BCUT2D eigenvalue weighted by Gasteiger charge is -2.42. The van der Waals surface area contributed by atoms with Crippen LogP contribution in [0.5, 0.6) is 0 Å². The van der Waals surface area contributed by atoms with Gasteiger partial charge in [-0.2, -0.15) is 0 Å². The van der Waals surface area contributed by atoms with E-state index in [4.69, 9.17) is 21.1 Å². The maximum Gasteiger partial charge on any atom is 0.357 e. The van der Waals surface area contributed by atoms with Crippen molar-refractivity contribution in [3.05, 3.63) is 29.4 Å². The summed E-state index contributed by atoms with van der Waals surface area (Å²) in [6.45, 7) is 1.33. The maximum absolute atomic E-state index is 11.9. The molecule has 1 aromatic heterocycles. The summed E-state index contributed by atoms with van der Waals surface area (Å²) in [5.41, 5.74) is 0. The number of ether oxygens (including phenoxy) is 2. The Morgan fingerprint density at radius 2 is 1.87 bits per heavy atom. The van der Waals surface area contributed by atoms with E-state index in [1.807, 2.05) is 0 Å². The van der Waals surface area contributed by atoms with E-state index in [9.17, 15) is 9.59 Å². The molecule has 0 unspecified atom stereocenters. The lowest BCUT2D eigenvalue weighted by atomic mass is 10.2.